The first-order chi connectivity index (χ1) is 4.74. The number of hydrogen-bond acceptors (Lipinski definition) is 3. The monoisotopic (exact) mass is 157 g/mol. The van der Waals surface area contributed by atoms with Crippen LogP contribution in [0.15, 0.2) is 21.6 Å². The lowest BCUT2D eigenvalue weighted by atomic mass is 10.6. The minimum absolute atomic E-state index is 0.907. The zero-order chi connectivity index (χ0) is 7.56. The molecule has 1 aromatic heterocycles. The van der Waals surface area contributed by atoms with Crippen LogP contribution in [0.3, 0.4) is 0 Å². The van der Waals surface area contributed by atoms with Gasteiger partial charge in [-0.25, -0.2) is 0 Å². The Morgan fingerprint density at radius 3 is 2.40 bits per heavy atom. The molecule has 0 aliphatic heterocycles. The molecule has 0 amide bonds. The molecule has 0 N–H and O–H groups in total. The number of rotatable bonds is 2. The Balaban J connectivity index is 2.78. The van der Waals surface area contributed by atoms with Gasteiger partial charge in [-0.05, 0) is 12.3 Å². The van der Waals surface area contributed by atoms with Crippen molar-refractivity contribution < 1.29 is 4.42 Å². The molecule has 1 heterocycles. The first-order valence-electron chi connectivity index (χ1n) is 3.05. The van der Waals surface area contributed by atoms with Crippen LogP contribution in [0.4, 0.5) is 5.88 Å². The minimum Gasteiger partial charge on any atom is -0.434 e. The maximum atomic E-state index is 5.38. The summed E-state index contributed by atoms with van der Waals surface area (Å²) < 4.78 is 5.38. The molecular weight excluding hydrogens is 146 g/mol. The third-order valence-corrected chi connectivity index (χ3v) is 1.83. The van der Waals surface area contributed by atoms with Gasteiger partial charge in [-0.2, -0.15) is 0 Å². The molecule has 0 radical (unpaired) electrons. The predicted molar refractivity (Wildman–Crippen MR) is 44.8 cm³/mol. The van der Waals surface area contributed by atoms with E-state index < -0.39 is 0 Å². The average molecular weight is 157 g/mol. The summed E-state index contributed by atoms with van der Waals surface area (Å²) >= 11 is 1.61. The van der Waals surface area contributed by atoms with Crippen LogP contribution in [0.2, 0.25) is 0 Å². The fraction of sp³-hybridized carbons (Fsp3) is 0.429. The van der Waals surface area contributed by atoms with Gasteiger partial charge >= 0.3 is 0 Å². The van der Waals surface area contributed by atoms with Crippen LogP contribution in [-0.4, -0.2) is 20.4 Å². The summed E-state index contributed by atoms with van der Waals surface area (Å²) in [5, 5.41) is 0.962. The Hall–Kier alpha value is -0.570. The van der Waals surface area contributed by atoms with Crippen molar-refractivity contribution in [2.24, 2.45) is 0 Å². The maximum Gasteiger partial charge on any atom is 0.196 e. The second-order valence-electron chi connectivity index (χ2n) is 2.19. The Morgan fingerprint density at radius 2 is 2.10 bits per heavy atom. The molecule has 10 heavy (non-hydrogen) atoms. The molecule has 2 nitrogen and oxygen atoms in total. The third-order valence-electron chi connectivity index (χ3n) is 1.21. The molecule has 0 saturated carbocycles. The Morgan fingerprint density at radius 1 is 1.40 bits per heavy atom. The lowest BCUT2D eigenvalue weighted by molar-refractivity contribution is 0.477. The molecule has 0 bridgehead atoms. The van der Waals surface area contributed by atoms with E-state index >= 15 is 0 Å². The van der Waals surface area contributed by atoms with E-state index in [9.17, 15) is 0 Å². The zero-order valence-corrected chi connectivity index (χ0v) is 7.23. The van der Waals surface area contributed by atoms with Gasteiger partial charge in [0.2, 0.25) is 0 Å². The van der Waals surface area contributed by atoms with Crippen LogP contribution < -0.4 is 4.90 Å². The molecule has 0 atom stereocenters. The second kappa shape index (κ2) is 3.01. The smallest absolute Gasteiger partial charge is 0.196 e. The first kappa shape index (κ1) is 7.54. The van der Waals surface area contributed by atoms with Crippen molar-refractivity contribution in [3.8, 4) is 0 Å². The normalized spacial score (nSPS) is 9.90. The largest absolute Gasteiger partial charge is 0.434 e. The van der Waals surface area contributed by atoms with Crippen molar-refractivity contribution in [2.75, 3.05) is 25.3 Å². The molecule has 0 fully saturated rings. The fourth-order valence-corrected chi connectivity index (χ4v) is 1.03. The predicted octanol–water partition coefficient (Wildman–Crippen LogP) is 2.07. The lowest BCUT2D eigenvalue weighted by Gasteiger charge is -2.05. The standard InChI is InChI=1S/C7H11NOS/c1-8(2)6-4-5-7(9-6)10-3/h4-5H,1-3H3. The molecule has 56 valence electrons. The molecule has 1 aromatic rings. The fourth-order valence-electron chi connectivity index (χ4n) is 0.661. The van der Waals surface area contributed by atoms with E-state index in [-0.39, 0.29) is 0 Å². The van der Waals surface area contributed by atoms with E-state index in [4.69, 9.17) is 4.42 Å². The van der Waals surface area contributed by atoms with Crippen LogP contribution in [0.25, 0.3) is 0 Å². The second-order valence-corrected chi connectivity index (χ2v) is 3.00. The molecular formula is C7H11NOS. The summed E-state index contributed by atoms with van der Waals surface area (Å²) in [4.78, 5) is 1.94. The van der Waals surface area contributed by atoms with Gasteiger partial charge < -0.3 is 9.32 Å². The topological polar surface area (TPSA) is 16.4 Å². The number of nitrogens with zero attached hydrogens (tertiary/aromatic N) is 1. The van der Waals surface area contributed by atoms with E-state index in [1.54, 1.807) is 11.8 Å². The molecule has 1 rings (SSSR count). The maximum absolute atomic E-state index is 5.38. The summed E-state index contributed by atoms with van der Waals surface area (Å²) in [6.45, 7) is 0. The molecule has 0 unspecified atom stereocenters. The molecule has 0 aromatic carbocycles. The zero-order valence-electron chi connectivity index (χ0n) is 6.42. The minimum atomic E-state index is 0.907. The van der Waals surface area contributed by atoms with Crippen molar-refractivity contribution >= 4 is 17.6 Å². The van der Waals surface area contributed by atoms with Gasteiger partial charge in [-0.1, -0.05) is 11.8 Å². The Labute approximate surface area is 65.2 Å². The van der Waals surface area contributed by atoms with Gasteiger partial charge in [0, 0.05) is 20.2 Å². The van der Waals surface area contributed by atoms with Crippen molar-refractivity contribution in [3.63, 3.8) is 0 Å². The van der Waals surface area contributed by atoms with Crippen molar-refractivity contribution in [1.29, 1.82) is 0 Å². The van der Waals surface area contributed by atoms with E-state index in [0.29, 0.717) is 0 Å². The van der Waals surface area contributed by atoms with Crippen LogP contribution in [0.5, 0.6) is 0 Å². The molecule has 3 heteroatoms. The summed E-state index contributed by atoms with van der Waals surface area (Å²) in [5.41, 5.74) is 0. The number of thioether (sulfide) groups is 1. The van der Waals surface area contributed by atoms with Crippen LogP contribution in [0.1, 0.15) is 0 Å². The van der Waals surface area contributed by atoms with Gasteiger partial charge in [0.05, 0.1) is 0 Å². The molecule has 0 spiro atoms. The van der Waals surface area contributed by atoms with Gasteiger partial charge in [0.25, 0.3) is 0 Å². The van der Waals surface area contributed by atoms with E-state index in [1.807, 2.05) is 37.4 Å². The highest BCUT2D eigenvalue weighted by Crippen LogP contribution is 2.22. The number of hydrogen-bond donors (Lipinski definition) is 0. The number of furan rings is 1. The van der Waals surface area contributed by atoms with Gasteiger partial charge in [0.15, 0.2) is 11.0 Å². The quantitative estimate of drug-likeness (QED) is 0.611. The highest BCUT2D eigenvalue weighted by atomic mass is 32.2. The molecule has 0 saturated heterocycles. The first-order valence-corrected chi connectivity index (χ1v) is 4.27. The van der Waals surface area contributed by atoms with Crippen LogP contribution in [0, 0.1) is 0 Å². The molecule has 0 aliphatic carbocycles. The highest BCUT2D eigenvalue weighted by molar-refractivity contribution is 7.98. The number of anilines is 1. The van der Waals surface area contributed by atoms with Crippen molar-refractivity contribution in [1.82, 2.24) is 0 Å². The summed E-state index contributed by atoms with van der Waals surface area (Å²) in [6.07, 6.45) is 2.00. The van der Waals surface area contributed by atoms with Gasteiger partial charge in [0.1, 0.15) is 0 Å². The summed E-state index contributed by atoms with van der Waals surface area (Å²) in [6, 6.07) is 3.94. The third kappa shape index (κ3) is 1.48. The summed E-state index contributed by atoms with van der Waals surface area (Å²) in [7, 11) is 3.92. The van der Waals surface area contributed by atoms with Crippen LogP contribution in [-0.2, 0) is 0 Å². The van der Waals surface area contributed by atoms with Gasteiger partial charge in [-0.3, -0.25) is 0 Å². The van der Waals surface area contributed by atoms with E-state index in [1.165, 1.54) is 0 Å². The van der Waals surface area contributed by atoms with Gasteiger partial charge in [-0.15, -0.1) is 0 Å². The average Bonchev–Trinajstić information content (AvgIpc) is 2.34. The van der Waals surface area contributed by atoms with Crippen LogP contribution >= 0.6 is 11.8 Å². The highest BCUT2D eigenvalue weighted by Gasteiger charge is 2.00. The Kier molecular flexibility index (Phi) is 2.27. The SMILES string of the molecule is CSc1ccc(N(C)C)o1. The van der Waals surface area contributed by atoms with Crippen molar-refractivity contribution in [3.05, 3.63) is 12.1 Å². The summed E-state index contributed by atoms with van der Waals surface area (Å²) in [5.74, 6) is 0.907. The van der Waals surface area contributed by atoms with E-state index in [2.05, 4.69) is 0 Å². The lowest BCUT2D eigenvalue weighted by Crippen LogP contribution is -2.06. The Bertz CT molecular complexity index is 207. The van der Waals surface area contributed by atoms with Crippen molar-refractivity contribution in [2.45, 2.75) is 5.09 Å². The van der Waals surface area contributed by atoms with E-state index in [0.717, 1.165) is 11.0 Å². The molecule has 0 aliphatic rings.